The van der Waals surface area contributed by atoms with Crippen molar-refractivity contribution in [3.63, 3.8) is 0 Å². The van der Waals surface area contributed by atoms with Crippen LogP contribution in [0.1, 0.15) is 57.7 Å². The molecule has 0 radical (unpaired) electrons. The quantitative estimate of drug-likeness (QED) is 0.513. The molecule has 1 aliphatic carbocycles. The number of carbonyl (C=O) groups is 1. The molecule has 0 N–H and O–H groups in total. The van der Waals surface area contributed by atoms with Gasteiger partial charge in [0, 0.05) is 31.6 Å². The molecule has 0 spiro atoms. The summed E-state index contributed by atoms with van der Waals surface area (Å²) in [5.74, 6) is 1.11. The zero-order valence-corrected chi connectivity index (χ0v) is 18.6. The van der Waals surface area contributed by atoms with Crippen molar-refractivity contribution in [2.24, 2.45) is 0 Å². The van der Waals surface area contributed by atoms with E-state index in [4.69, 9.17) is 16.3 Å². The van der Waals surface area contributed by atoms with Crippen molar-refractivity contribution >= 4 is 23.5 Å². The van der Waals surface area contributed by atoms with Crippen molar-refractivity contribution in [2.75, 3.05) is 31.7 Å². The number of anilines is 1. The molecule has 2 aliphatic rings. The van der Waals surface area contributed by atoms with E-state index in [2.05, 4.69) is 14.9 Å². The molecule has 160 valence electrons. The molecular weight excluding hydrogens is 395 g/mol. The van der Waals surface area contributed by atoms with Gasteiger partial charge in [-0.05, 0) is 64.1 Å². The van der Waals surface area contributed by atoms with Crippen LogP contribution in [0.5, 0.6) is 0 Å². The highest BCUT2D eigenvalue weighted by atomic mass is 35.5. The van der Waals surface area contributed by atoms with Gasteiger partial charge in [0.1, 0.15) is 18.1 Å². The number of alkyl halides is 1. The van der Waals surface area contributed by atoms with E-state index in [9.17, 15) is 9.18 Å². The molecule has 8 heteroatoms. The first kappa shape index (κ1) is 21.8. The standard InChI is InChI=1S/C21H30ClFN4O2/c1-13(10-23)6-7-14-8-9-16-17(14)24-19(22)25-18(16)27-11-15(12-27)26(5)20(28)29-21(2,3)4/h6,14-15H,7-12H2,1-5H3/b13-6+. The summed E-state index contributed by atoms with van der Waals surface area (Å²) in [4.78, 5) is 25.0. The number of hydrogen-bond donors (Lipinski definition) is 0. The molecule has 1 aromatic rings. The van der Waals surface area contributed by atoms with Crippen molar-refractivity contribution in [1.29, 1.82) is 0 Å². The molecule has 0 saturated carbocycles. The summed E-state index contributed by atoms with van der Waals surface area (Å²) in [7, 11) is 1.77. The number of amides is 1. The van der Waals surface area contributed by atoms with Crippen LogP contribution in [0.15, 0.2) is 11.6 Å². The van der Waals surface area contributed by atoms with Crippen LogP contribution in [0.3, 0.4) is 0 Å². The topological polar surface area (TPSA) is 58.6 Å². The molecule has 0 bridgehead atoms. The van der Waals surface area contributed by atoms with Gasteiger partial charge in [-0.15, -0.1) is 0 Å². The third kappa shape index (κ3) is 5.00. The Morgan fingerprint density at radius 2 is 2.07 bits per heavy atom. The van der Waals surface area contributed by atoms with Crippen molar-refractivity contribution < 1.29 is 13.9 Å². The third-order valence-electron chi connectivity index (χ3n) is 5.47. The van der Waals surface area contributed by atoms with E-state index in [1.165, 1.54) is 0 Å². The molecule has 1 saturated heterocycles. The van der Waals surface area contributed by atoms with Gasteiger partial charge in [-0.2, -0.15) is 0 Å². The number of hydrogen-bond acceptors (Lipinski definition) is 5. The van der Waals surface area contributed by atoms with E-state index < -0.39 is 12.3 Å². The second-order valence-electron chi connectivity index (χ2n) is 8.99. The lowest BCUT2D eigenvalue weighted by Gasteiger charge is -2.45. The highest BCUT2D eigenvalue weighted by molar-refractivity contribution is 6.28. The van der Waals surface area contributed by atoms with Gasteiger partial charge in [-0.1, -0.05) is 6.08 Å². The van der Waals surface area contributed by atoms with Crippen molar-refractivity contribution in [3.8, 4) is 0 Å². The van der Waals surface area contributed by atoms with Crippen LogP contribution in [-0.2, 0) is 11.2 Å². The lowest BCUT2D eigenvalue weighted by atomic mass is 10.0. The predicted octanol–water partition coefficient (Wildman–Crippen LogP) is 4.52. The van der Waals surface area contributed by atoms with Gasteiger partial charge >= 0.3 is 6.09 Å². The van der Waals surface area contributed by atoms with Gasteiger partial charge in [0.25, 0.3) is 0 Å². The average molecular weight is 425 g/mol. The Morgan fingerprint density at radius 1 is 1.38 bits per heavy atom. The molecule has 29 heavy (non-hydrogen) atoms. The predicted molar refractivity (Wildman–Crippen MR) is 112 cm³/mol. The van der Waals surface area contributed by atoms with Crippen LogP contribution < -0.4 is 4.90 Å². The maximum atomic E-state index is 12.7. The number of aromatic nitrogens is 2. The first-order valence-electron chi connectivity index (χ1n) is 10.1. The Labute approximate surface area is 177 Å². The van der Waals surface area contributed by atoms with E-state index in [0.717, 1.165) is 41.9 Å². The first-order chi connectivity index (χ1) is 13.6. The Kier molecular flexibility index (Phi) is 6.36. The van der Waals surface area contributed by atoms with Gasteiger partial charge in [-0.3, -0.25) is 0 Å². The molecule has 0 aromatic carbocycles. The maximum absolute atomic E-state index is 12.7. The highest BCUT2D eigenvalue weighted by Crippen LogP contribution is 2.40. The van der Waals surface area contributed by atoms with E-state index in [-0.39, 0.29) is 23.3 Å². The SMILES string of the molecule is C/C(=C\CC1CCc2c1nc(Cl)nc2N1CC(N(C)C(=O)OC(C)(C)C)C1)CF. The van der Waals surface area contributed by atoms with Gasteiger partial charge in [0.15, 0.2) is 0 Å². The second kappa shape index (κ2) is 8.46. The van der Waals surface area contributed by atoms with Crippen molar-refractivity contribution in [3.05, 3.63) is 28.2 Å². The zero-order valence-electron chi connectivity index (χ0n) is 17.8. The summed E-state index contributed by atoms with van der Waals surface area (Å²) in [5, 5.41) is 0.237. The summed E-state index contributed by atoms with van der Waals surface area (Å²) in [5.41, 5.74) is 2.34. The molecule has 1 fully saturated rings. The summed E-state index contributed by atoms with van der Waals surface area (Å²) in [6, 6.07) is 0.0709. The Balaban J connectivity index is 1.69. The van der Waals surface area contributed by atoms with E-state index >= 15 is 0 Å². The van der Waals surface area contributed by atoms with Gasteiger partial charge < -0.3 is 14.5 Å². The highest BCUT2D eigenvalue weighted by Gasteiger charge is 2.38. The largest absolute Gasteiger partial charge is 0.444 e. The van der Waals surface area contributed by atoms with E-state index in [0.29, 0.717) is 13.1 Å². The van der Waals surface area contributed by atoms with E-state index in [1.54, 1.807) is 18.9 Å². The lowest BCUT2D eigenvalue weighted by molar-refractivity contribution is 0.0196. The Morgan fingerprint density at radius 3 is 2.69 bits per heavy atom. The normalized spacial score (nSPS) is 19.8. The second-order valence-corrected chi connectivity index (χ2v) is 9.32. The van der Waals surface area contributed by atoms with Crippen LogP contribution in [0.4, 0.5) is 15.0 Å². The fourth-order valence-corrected chi connectivity index (χ4v) is 3.91. The minimum absolute atomic E-state index is 0.0709. The number of likely N-dealkylation sites (N-methyl/N-ethyl adjacent to an activating group) is 1. The minimum atomic E-state index is -0.514. The molecule has 1 amide bonds. The summed E-state index contributed by atoms with van der Waals surface area (Å²) < 4.78 is 18.2. The molecule has 1 aliphatic heterocycles. The van der Waals surface area contributed by atoms with Crippen LogP contribution in [0.25, 0.3) is 0 Å². The van der Waals surface area contributed by atoms with Gasteiger partial charge in [-0.25, -0.2) is 19.2 Å². The number of nitrogens with zero attached hydrogens (tertiary/aromatic N) is 4. The summed E-state index contributed by atoms with van der Waals surface area (Å²) in [6.07, 6.45) is 4.24. The number of rotatable bonds is 5. The summed E-state index contributed by atoms with van der Waals surface area (Å²) in [6.45, 7) is 8.32. The fourth-order valence-electron chi connectivity index (χ4n) is 3.74. The number of ether oxygens (including phenoxy) is 1. The molecule has 3 rings (SSSR count). The van der Waals surface area contributed by atoms with Crippen molar-refractivity contribution in [2.45, 2.75) is 64.5 Å². The minimum Gasteiger partial charge on any atom is -0.444 e. The van der Waals surface area contributed by atoms with Gasteiger partial charge in [0.2, 0.25) is 5.28 Å². The number of fused-ring (bicyclic) bond motifs is 1. The van der Waals surface area contributed by atoms with Gasteiger partial charge in [0.05, 0.1) is 11.7 Å². The van der Waals surface area contributed by atoms with Crippen LogP contribution >= 0.6 is 11.6 Å². The molecule has 6 nitrogen and oxygen atoms in total. The zero-order chi connectivity index (χ0) is 21.3. The molecule has 1 aromatic heterocycles. The lowest BCUT2D eigenvalue weighted by Crippen LogP contribution is -2.60. The van der Waals surface area contributed by atoms with Crippen LogP contribution in [0, 0.1) is 0 Å². The Bertz CT molecular complexity index is 803. The first-order valence-corrected chi connectivity index (χ1v) is 10.5. The van der Waals surface area contributed by atoms with Crippen molar-refractivity contribution in [1.82, 2.24) is 14.9 Å². The monoisotopic (exact) mass is 424 g/mol. The number of carbonyl (C=O) groups excluding carboxylic acids is 1. The number of allylic oxidation sites excluding steroid dienone is 2. The maximum Gasteiger partial charge on any atom is 0.410 e. The number of halogens is 2. The summed E-state index contributed by atoms with van der Waals surface area (Å²) >= 11 is 6.22. The molecule has 2 heterocycles. The van der Waals surface area contributed by atoms with Crippen LogP contribution in [-0.4, -0.2) is 59.4 Å². The smallest absolute Gasteiger partial charge is 0.410 e. The molecular formula is C21H30ClFN4O2. The molecule has 1 atom stereocenters. The van der Waals surface area contributed by atoms with Crippen LogP contribution in [0.2, 0.25) is 5.28 Å². The average Bonchev–Trinajstić information content (AvgIpc) is 2.99. The molecule has 1 unspecified atom stereocenters. The van der Waals surface area contributed by atoms with E-state index in [1.807, 2.05) is 26.8 Å². The Hall–Kier alpha value is -1.89. The fraction of sp³-hybridized carbons (Fsp3) is 0.667. The third-order valence-corrected chi connectivity index (χ3v) is 5.64.